The molecule has 0 unspecified atom stereocenters. The molecule has 0 N–H and O–H groups in total. The Morgan fingerprint density at radius 3 is 2.31 bits per heavy atom. The number of nitrogens with zero attached hydrogens (tertiary/aromatic N) is 2. The number of Topliss-reactive ketones (excluding diaryl/α,β-unsaturated/α-hetero) is 1. The Labute approximate surface area is 233 Å². The second kappa shape index (κ2) is 11.0. The number of imide groups is 1. The van der Waals surface area contributed by atoms with Gasteiger partial charge in [-0.15, -0.1) is 11.3 Å². The molecule has 2 atom stereocenters. The summed E-state index contributed by atoms with van der Waals surface area (Å²) in [6.45, 7) is 1.36. The number of allylic oxidation sites excluding steroid dienone is 2. The van der Waals surface area contributed by atoms with Crippen LogP contribution in [-0.4, -0.2) is 46.0 Å². The monoisotopic (exact) mass is 562 g/mol. The average molecular weight is 563 g/mol. The van der Waals surface area contributed by atoms with E-state index in [-0.39, 0.29) is 16.9 Å². The highest BCUT2D eigenvalue weighted by atomic mass is 35.5. The zero-order chi connectivity index (χ0) is 27.7. The molecule has 0 saturated carbocycles. The summed E-state index contributed by atoms with van der Waals surface area (Å²) in [5.41, 5.74) is 1.40. The van der Waals surface area contributed by atoms with E-state index in [1.54, 1.807) is 17.5 Å². The topological polar surface area (TPSA) is 101 Å². The number of benzene rings is 2. The van der Waals surface area contributed by atoms with Crippen molar-refractivity contribution in [1.82, 2.24) is 10.0 Å². The van der Waals surface area contributed by atoms with Crippen LogP contribution in [0, 0.1) is 11.8 Å². The van der Waals surface area contributed by atoms with Crippen LogP contribution in [0.4, 0.5) is 0 Å². The summed E-state index contributed by atoms with van der Waals surface area (Å²) in [5, 5.41) is 3.94. The quantitative estimate of drug-likeness (QED) is 0.129. The smallest absolute Gasteiger partial charge is 0.353 e. The standard InChI is InChI=1S/C29H23ClN2O6S/c1-17-4-13-22-23(15-17)28(36)32(27(22)35)31(26(34)19-5-9-20(30)10-6-19)16-24(33)18-7-11-21(12-8-18)38-29(37)25-3-2-14-39-25/h2-12,14,22-23H,13,15-16H2,1H3/t22-,23-/m1/s1. The minimum absolute atomic E-state index is 0.174. The SMILES string of the molecule is CC1=CC[C@H]2C(=O)N(N(CC(=O)c3ccc(OC(=O)c4cccs4)cc3)C(=O)c3ccc(Cl)cc3)C(=O)[C@@H]2C1. The van der Waals surface area contributed by atoms with Crippen molar-refractivity contribution in [2.24, 2.45) is 11.8 Å². The van der Waals surface area contributed by atoms with Gasteiger partial charge in [0.25, 0.3) is 17.7 Å². The number of halogens is 1. The summed E-state index contributed by atoms with van der Waals surface area (Å²) in [7, 11) is 0. The van der Waals surface area contributed by atoms with Gasteiger partial charge in [-0.05, 0) is 79.7 Å². The highest BCUT2D eigenvalue weighted by molar-refractivity contribution is 7.12. The molecule has 1 aromatic heterocycles. The minimum atomic E-state index is -0.674. The molecule has 2 aromatic carbocycles. The van der Waals surface area contributed by atoms with Gasteiger partial charge < -0.3 is 4.74 Å². The molecule has 39 heavy (non-hydrogen) atoms. The van der Waals surface area contributed by atoms with Gasteiger partial charge in [0.15, 0.2) is 5.78 Å². The van der Waals surface area contributed by atoms with E-state index in [9.17, 15) is 24.0 Å². The molecule has 3 amide bonds. The normalized spacial score (nSPS) is 18.4. The van der Waals surface area contributed by atoms with Crippen molar-refractivity contribution in [1.29, 1.82) is 0 Å². The van der Waals surface area contributed by atoms with E-state index in [2.05, 4.69) is 0 Å². The number of carbonyl (C=O) groups excluding carboxylic acids is 5. The van der Waals surface area contributed by atoms with Gasteiger partial charge >= 0.3 is 5.97 Å². The second-order valence-corrected chi connectivity index (χ2v) is 10.8. The second-order valence-electron chi connectivity index (χ2n) is 9.38. The molecule has 0 bridgehead atoms. The Kier molecular flexibility index (Phi) is 7.45. The fourth-order valence-corrected chi connectivity index (χ4v) is 5.45. The van der Waals surface area contributed by atoms with Crippen LogP contribution in [0.2, 0.25) is 5.02 Å². The van der Waals surface area contributed by atoms with Crippen molar-refractivity contribution < 1.29 is 28.7 Å². The molecular weight excluding hydrogens is 540 g/mol. The van der Waals surface area contributed by atoms with E-state index in [1.165, 1.54) is 59.9 Å². The van der Waals surface area contributed by atoms with Crippen molar-refractivity contribution in [3.63, 3.8) is 0 Å². The lowest BCUT2D eigenvalue weighted by Gasteiger charge is -2.30. The third-order valence-electron chi connectivity index (χ3n) is 6.77. The molecule has 1 aliphatic carbocycles. The number of carbonyl (C=O) groups is 5. The molecule has 2 heterocycles. The molecule has 5 rings (SSSR count). The van der Waals surface area contributed by atoms with Crippen molar-refractivity contribution in [3.8, 4) is 5.75 Å². The summed E-state index contributed by atoms with van der Waals surface area (Å²) >= 11 is 7.22. The Bertz CT molecular complexity index is 1480. The van der Waals surface area contributed by atoms with Crippen molar-refractivity contribution >= 4 is 52.4 Å². The predicted molar refractivity (Wildman–Crippen MR) is 144 cm³/mol. The molecule has 0 radical (unpaired) electrons. The van der Waals surface area contributed by atoms with Crippen molar-refractivity contribution in [2.45, 2.75) is 19.8 Å². The van der Waals surface area contributed by atoms with Gasteiger partial charge in [0, 0.05) is 16.1 Å². The Balaban J connectivity index is 1.39. The van der Waals surface area contributed by atoms with Crippen LogP contribution in [0.3, 0.4) is 0 Å². The van der Waals surface area contributed by atoms with Crippen molar-refractivity contribution in [2.75, 3.05) is 6.54 Å². The van der Waals surface area contributed by atoms with Crippen LogP contribution in [0.25, 0.3) is 0 Å². The summed E-state index contributed by atoms with van der Waals surface area (Å²) in [5.74, 6) is -3.59. The van der Waals surface area contributed by atoms with E-state index >= 15 is 0 Å². The molecule has 1 aliphatic heterocycles. The number of amides is 3. The molecule has 1 saturated heterocycles. The molecule has 0 spiro atoms. The van der Waals surface area contributed by atoms with E-state index in [4.69, 9.17) is 16.3 Å². The number of thiophene rings is 1. The lowest BCUT2D eigenvalue weighted by molar-refractivity contribution is -0.154. The first kappa shape index (κ1) is 26.5. The minimum Gasteiger partial charge on any atom is -0.422 e. The van der Waals surface area contributed by atoms with E-state index in [0.717, 1.165) is 15.6 Å². The number of hydrogen-bond donors (Lipinski definition) is 0. The van der Waals surface area contributed by atoms with Crippen LogP contribution >= 0.6 is 22.9 Å². The molecule has 198 valence electrons. The fourth-order valence-electron chi connectivity index (χ4n) is 4.72. The number of ether oxygens (including phenoxy) is 1. The van der Waals surface area contributed by atoms with Crippen LogP contribution in [0.5, 0.6) is 5.75 Å². The van der Waals surface area contributed by atoms with E-state index < -0.39 is 47.9 Å². The number of hydrogen-bond acceptors (Lipinski definition) is 7. The summed E-state index contributed by atoms with van der Waals surface area (Å²) < 4.78 is 5.33. The molecule has 1 fully saturated rings. The van der Waals surface area contributed by atoms with Gasteiger partial charge in [0.2, 0.25) is 0 Å². The lowest BCUT2D eigenvalue weighted by atomic mass is 9.82. The summed E-state index contributed by atoms with van der Waals surface area (Å²) in [4.78, 5) is 66.3. The van der Waals surface area contributed by atoms with Crippen LogP contribution in [0.15, 0.2) is 77.7 Å². The lowest BCUT2D eigenvalue weighted by Crippen LogP contribution is -2.52. The molecule has 8 nitrogen and oxygen atoms in total. The Hall–Kier alpha value is -4.08. The van der Waals surface area contributed by atoms with Gasteiger partial charge in [0.1, 0.15) is 17.2 Å². The van der Waals surface area contributed by atoms with E-state index in [0.29, 0.717) is 22.7 Å². The third-order valence-corrected chi connectivity index (χ3v) is 7.87. The van der Waals surface area contributed by atoms with Gasteiger partial charge in [-0.25, -0.2) is 9.80 Å². The van der Waals surface area contributed by atoms with Crippen LogP contribution in [0.1, 0.15) is 50.2 Å². The van der Waals surface area contributed by atoms with Gasteiger partial charge in [0.05, 0.1) is 11.8 Å². The molecular formula is C29H23ClN2O6S. The summed E-state index contributed by atoms with van der Waals surface area (Å²) in [6.07, 6.45) is 2.76. The number of ketones is 1. The number of rotatable bonds is 7. The number of fused-ring (bicyclic) bond motifs is 1. The zero-order valence-electron chi connectivity index (χ0n) is 20.8. The maximum absolute atomic E-state index is 13.6. The first-order valence-electron chi connectivity index (χ1n) is 12.2. The van der Waals surface area contributed by atoms with Gasteiger partial charge in [-0.1, -0.05) is 29.3 Å². The highest BCUT2D eigenvalue weighted by Crippen LogP contribution is 2.38. The largest absolute Gasteiger partial charge is 0.422 e. The first-order chi connectivity index (χ1) is 18.7. The van der Waals surface area contributed by atoms with E-state index in [1.807, 2.05) is 13.0 Å². The maximum atomic E-state index is 13.6. The average Bonchev–Trinajstić information content (AvgIpc) is 3.55. The third kappa shape index (κ3) is 5.41. The van der Waals surface area contributed by atoms with Crippen LogP contribution in [-0.2, 0) is 9.59 Å². The summed E-state index contributed by atoms with van der Waals surface area (Å²) in [6, 6.07) is 15.2. The fraction of sp³-hybridized carbons (Fsp3) is 0.207. The van der Waals surface area contributed by atoms with Crippen LogP contribution < -0.4 is 4.74 Å². The maximum Gasteiger partial charge on any atom is 0.353 e. The molecule has 3 aromatic rings. The zero-order valence-corrected chi connectivity index (χ0v) is 22.4. The van der Waals surface area contributed by atoms with Gasteiger partial charge in [-0.2, -0.15) is 5.01 Å². The van der Waals surface area contributed by atoms with Gasteiger partial charge in [-0.3, -0.25) is 19.2 Å². The first-order valence-corrected chi connectivity index (χ1v) is 13.5. The number of hydrazine groups is 1. The highest BCUT2D eigenvalue weighted by Gasteiger charge is 2.51. The Morgan fingerprint density at radius 2 is 1.64 bits per heavy atom. The molecule has 10 heteroatoms. The van der Waals surface area contributed by atoms with Crippen molar-refractivity contribution in [3.05, 3.63) is 98.7 Å². The Morgan fingerprint density at radius 1 is 0.974 bits per heavy atom. The predicted octanol–water partition coefficient (Wildman–Crippen LogP) is 5.20. The number of esters is 1. The molecule has 2 aliphatic rings.